The molecule has 0 saturated carbocycles. The van der Waals surface area contributed by atoms with Crippen molar-refractivity contribution in [3.63, 3.8) is 0 Å². The van der Waals surface area contributed by atoms with Crippen molar-refractivity contribution in [1.82, 2.24) is 4.90 Å². The molecule has 78 valence electrons. The van der Waals surface area contributed by atoms with Gasteiger partial charge in [-0.15, -0.1) is 24.0 Å². The number of carbonyl (C=O) groups excluding carboxylic acids is 1. The predicted octanol–water partition coefficient (Wildman–Crippen LogP) is 1.68. The zero-order valence-corrected chi connectivity index (χ0v) is 10.8. The van der Waals surface area contributed by atoms with Crippen LogP contribution >= 0.6 is 24.0 Å². The molecule has 3 nitrogen and oxygen atoms in total. The van der Waals surface area contributed by atoms with Crippen LogP contribution < -0.4 is 0 Å². The maximum absolute atomic E-state index is 10.9. The van der Waals surface area contributed by atoms with Gasteiger partial charge in [-0.1, -0.05) is 6.58 Å². The lowest BCUT2D eigenvalue weighted by atomic mass is 10.3. The van der Waals surface area contributed by atoms with Gasteiger partial charge in [0.1, 0.15) is 0 Å². The van der Waals surface area contributed by atoms with Crippen molar-refractivity contribution < 1.29 is 9.53 Å². The SMILES string of the molecule is C=C(C)C(=O)OCCCN(C)C.I. The molecule has 0 unspecified atom stereocenters. The Kier molecular flexibility index (Phi) is 10.0. The fourth-order valence-electron chi connectivity index (χ4n) is 0.669. The Bertz CT molecular complexity index is 169. The quantitative estimate of drug-likeness (QED) is 0.335. The van der Waals surface area contributed by atoms with Gasteiger partial charge in [-0.3, -0.25) is 0 Å². The van der Waals surface area contributed by atoms with E-state index in [1.54, 1.807) is 6.92 Å². The molecule has 0 rings (SSSR count). The number of rotatable bonds is 5. The highest BCUT2D eigenvalue weighted by Crippen LogP contribution is 1.93. The third-order valence-corrected chi connectivity index (χ3v) is 1.33. The molecule has 0 fully saturated rings. The van der Waals surface area contributed by atoms with Gasteiger partial charge < -0.3 is 9.64 Å². The highest BCUT2D eigenvalue weighted by molar-refractivity contribution is 14.0. The third kappa shape index (κ3) is 9.82. The van der Waals surface area contributed by atoms with Gasteiger partial charge in [-0.2, -0.15) is 0 Å². The molecule has 0 heterocycles. The van der Waals surface area contributed by atoms with Crippen LogP contribution in [0.5, 0.6) is 0 Å². The van der Waals surface area contributed by atoms with E-state index in [1.165, 1.54) is 0 Å². The third-order valence-electron chi connectivity index (χ3n) is 1.33. The van der Waals surface area contributed by atoms with Crippen LogP contribution in [0.25, 0.3) is 0 Å². The lowest BCUT2D eigenvalue weighted by Crippen LogP contribution is -2.16. The minimum Gasteiger partial charge on any atom is -0.462 e. The van der Waals surface area contributed by atoms with Crippen molar-refractivity contribution >= 4 is 29.9 Å². The van der Waals surface area contributed by atoms with Crippen LogP contribution in [0.15, 0.2) is 12.2 Å². The number of nitrogens with zero attached hydrogens (tertiary/aromatic N) is 1. The molecule has 0 saturated heterocycles. The van der Waals surface area contributed by atoms with Crippen molar-refractivity contribution in [2.24, 2.45) is 0 Å². The average Bonchev–Trinajstić information content (AvgIpc) is 1.97. The number of esters is 1. The molecule has 0 aromatic rings. The summed E-state index contributed by atoms with van der Waals surface area (Å²) in [5.74, 6) is -0.297. The Labute approximate surface area is 97.1 Å². The van der Waals surface area contributed by atoms with E-state index in [-0.39, 0.29) is 29.9 Å². The van der Waals surface area contributed by atoms with Crippen molar-refractivity contribution in [2.75, 3.05) is 27.2 Å². The van der Waals surface area contributed by atoms with Crippen LogP contribution in [0.4, 0.5) is 0 Å². The molecule has 0 aliphatic carbocycles. The minimum absolute atomic E-state index is 0. The van der Waals surface area contributed by atoms with Crippen LogP contribution in [-0.2, 0) is 9.53 Å². The monoisotopic (exact) mass is 299 g/mol. The van der Waals surface area contributed by atoms with E-state index in [2.05, 4.69) is 11.5 Å². The second-order valence-electron chi connectivity index (χ2n) is 3.07. The molecular weight excluding hydrogens is 281 g/mol. The van der Waals surface area contributed by atoms with E-state index in [1.807, 2.05) is 14.1 Å². The maximum atomic E-state index is 10.9. The molecule has 0 aromatic heterocycles. The minimum atomic E-state index is -0.297. The highest BCUT2D eigenvalue weighted by Gasteiger charge is 2.01. The molecule has 0 spiro atoms. The van der Waals surface area contributed by atoms with E-state index in [9.17, 15) is 4.79 Å². The van der Waals surface area contributed by atoms with E-state index in [0.29, 0.717) is 12.2 Å². The van der Waals surface area contributed by atoms with Gasteiger partial charge in [-0.25, -0.2) is 4.79 Å². The van der Waals surface area contributed by atoms with Crippen molar-refractivity contribution in [1.29, 1.82) is 0 Å². The first-order chi connectivity index (χ1) is 5.54. The lowest BCUT2D eigenvalue weighted by Gasteiger charge is -2.09. The summed E-state index contributed by atoms with van der Waals surface area (Å²) < 4.78 is 4.89. The number of carbonyl (C=O) groups is 1. The Balaban J connectivity index is 0. The first-order valence-electron chi connectivity index (χ1n) is 4.01. The van der Waals surface area contributed by atoms with Crippen LogP contribution in [0.1, 0.15) is 13.3 Å². The molecular formula is C9H18INO2. The van der Waals surface area contributed by atoms with E-state index in [0.717, 1.165) is 13.0 Å². The summed E-state index contributed by atoms with van der Waals surface area (Å²) in [6, 6.07) is 0. The molecule has 13 heavy (non-hydrogen) atoms. The summed E-state index contributed by atoms with van der Waals surface area (Å²) >= 11 is 0. The first kappa shape index (κ1) is 15.4. The summed E-state index contributed by atoms with van der Waals surface area (Å²) in [5.41, 5.74) is 0.458. The Morgan fingerprint density at radius 3 is 2.38 bits per heavy atom. The fraction of sp³-hybridized carbons (Fsp3) is 0.667. The Morgan fingerprint density at radius 2 is 2.00 bits per heavy atom. The summed E-state index contributed by atoms with van der Waals surface area (Å²) in [6.07, 6.45) is 0.867. The lowest BCUT2D eigenvalue weighted by molar-refractivity contribution is -0.139. The number of hydrogen-bond acceptors (Lipinski definition) is 3. The van der Waals surface area contributed by atoms with Gasteiger partial charge in [0.15, 0.2) is 0 Å². The molecule has 0 aliphatic heterocycles. The topological polar surface area (TPSA) is 29.5 Å². The Hall–Kier alpha value is -0.100. The first-order valence-corrected chi connectivity index (χ1v) is 4.01. The molecule has 0 bridgehead atoms. The van der Waals surface area contributed by atoms with Gasteiger partial charge in [0.2, 0.25) is 0 Å². The van der Waals surface area contributed by atoms with Crippen LogP contribution in [0, 0.1) is 0 Å². The van der Waals surface area contributed by atoms with Gasteiger partial charge in [0.25, 0.3) is 0 Å². The largest absolute Gasteiger partial charge is 0.462 e. The summed E-state index contributed by atoms with van der Waals surface area (Å²) in [5, 5.41) is 0. The van der Waals surface area contributed by atoms with Crippen LogP contribution in [-0.4, -0.2) is 38.1 Å². The standard InChI is InChI=1S/C9H17NO2.HI/c1-8(2)9(11)12-7-5-6-10(3)4;/h1,5-7H2,2-4H3;1H. The molecule has 0 radical (unpaired) electrons. The predicted molar refractivity (Wildman–Crippen MR) is 64.4 cm³/mol. The number of hydrogen-bond donors (Lipinski definition) is 0. The fourth-order valence-corrected chi connectivity index (χ4v) is 0.669. The van der Waals surface area contributed by atoms with Crippen LogP contribution in [0.3, 0.4) is 0 Å². The number of ether oxygens (including phenoxy) is 1. The summed E-state index contributed by atoms with van der Waals surface area (Å²) in [4.78, 5) is 12.9. The summed E-state index contributed by atoms with van der Waals surface area (Å²) in [6.45, 7) is 6.54. The second kappa shape index (κ2) is 8.50. The van der Waals surface area contributed by atoms with E-state index >= 15 is 0 Å². The molecule has 0 aliphatic rings. The molecule has 0 atom stereocenters. The van der Waals surface area contributed by atoms with E-state index < -0.39 is 0 Å². The second-order valence-corrected chi connectivity index (χ2v) is 3.07. The average molecular weight is 299 g/mol. The zero-order valence-electron chi connectivity index (χ0n) is 8.50. The smallest absolute Gasteiger partial charge is 0.333 e. The highest BCUT2D eigenvalue weighted by atomic mass is 127. The molecule has 4 heteroatoms. The van der Waals surface area contributed by atoms with Gasteiger partial charge >= 0.3 is 5.97 Å². The zero-order chi connectivity index (χ0) is 9.56. The van der Waals surface area contributed by atoms with Crippen molar-refractivity contribution in [3.05, 3.63) is 12.2 Å². The normalized spacial score (nSPS) is 9.23. The molecule has 0 aromatic carbocycles. The summed E-state index contributed by atoms with van der Waals surface area (Å²) in [7, 11) is 3.97. The Morgan fingerprint density at radius 1 is 1.46 bits per heavy atom. The van der Waals surface area contributed by atoms with Crippen LogP contribution in [0.2, 0.25) is 0 Å². The van der Waals surface area contributed by atoms with Crippen molar-refractivity contribution in [2.45, 2.75) is 13.3 Å². The van der Waals surface area contributed by atoms with E-state index in [4.69, 9.17) is 4.74 Å². The maximum Gasteiger partial charge on any atom is 0.333 e. The number of halogens is 1. The molecule has 0 amide bonds. The van der Waals surface area contributed by atoms with Gasteiger partial charge in [0, 0.05) is 12.1 Å². The van der Waals surface area contributed by atoms with Crippen molar-refractivity contribution in [3.8, 4) is 0 Å². The van der Waals surface area contributed by atoms with Gasteiger partial charge in [0.05, 0.1) is 6.61 Å². The van der Waals surface area contributed by atoms with Gasteiger partial charge in [-0.05, 0) is 27.4 Å². The molecule has 0 N–H and O–H groups in total.